The van der Waals surface area contributed by atoms with E-state index in [-0.39, 0.29) is 5.91 Å². The van der Waals surface area contributed by atoms with Crippen molar-refractivity contribution < 1.29 is 4.79 Å². The van der Waals surface area contributed by atoms with E-state index in [1.54, 1.807) is 7.05 Å². The number of carbonyl (C=O) groups excluding carboxylic acids is 1. The second kappa shape index (κ2) is 5.14. The molecule has 0 heterocycles. The average molecular weight is 170 g/mol. The summed E-state index contributed by atoms with van der Waals surface area (Å²) < 4.78 is 0. The third kappa shape index (κ3) is 3.22. The molecule has 0 atom stereocenters. The SMILES string of the molecule is CNC(=O)CCCNC1CCC1. The molecular weight excluding hydrogens is 152 g/mol. The Morgan fingerprint density at radius 2 is 2.25 bits per heavy atom. The predicted octanol–water partition coefficient (Wildman–Crippen LogP) is 0.655. The van der Waals surface area contributed by atoms with Crippen molar-refractivity contribution >= 4 is 5.91 Å². The van der Waals surface area contributed by atoms with Crippen molar-refractivity contribution in [2.24, 2.45) is 0 Å². The second-order valence-corrected chi connectivity index (χ2v) is 3.36. The van der Waals surface area contributed by atoms with Gasteiger partial charge in [-0.3, -0.25) is 4.79 Å². The van der Waals surface area contributed by atoms with Crippen LogP contribution in [0.4, 0.5) is 0 Å². The molecule has 3 heteroatoms. The lowest BCUT2D eigenvalue weighted by Gasteiger charge is -2.26. The van der Waals surface area contributed by atoms with Crippen LogP contribution in [0.25, 0.3) is 0 Å². The summed E-state index contributed by atoms with van der Waals surface area (Å²) in [4.78, 5) is 10.8. The zero-order valence-electron chi connectivity index (χ0n) is 7.73. The minimum absolute atomic E-state index is 0.144. The van der Waals surface area contributed by atoms with E-state index in [4.69, 9.17) is 0 Å². The summed E-state index contributed by atoms with van der Waals surface area (Å²) in [6.07, 6.45) is 5.61. The highest BCUT2D eigenvalue weighted by atomic mass is 16.1. The summed E-state index contributed by atoms with van der Waals surface area (Å²) in [6, 6.07) is 0.745. The first-order chi connectivity index (χ1) is 5.83. The van der Waals surface area contributed by atoms with Gasteiger partial charge in [-0.1, -0.05) is 6.42 Å². The van der Waals surface area contributed by atoms with E-state index in [9.17, 15) is 4.79 Å². The average Bonchev–Trinajstić information content (AvgIpc) is 2.00. The molecule has 0 aromatic rings. The molecule has 12 heavy (non-hydrogen) atoms. The Bertz CT molecular complexity index is 143. The van der Waals surface area contributed by atoms with Crippen LogP contribution in [0.1, 0.15) is 32.1 Å². The molecule has 1 saturated carbocycles. The van der Waals surface area contributed by atoms with E-state index >= 15 is 0 Å². The van der Waals surface area contributed by atoms with Gasteiger partial charge in [0.25, 0.3) is 0 Å². The van der Waals surface area contributed by atoms with Gasteiger partial charge >= 0.3 is 0 Å². The fourth-order valence-corrected chi connectivity index (χ4v) is 1.29. The smallest absolute Gasteiger partial charge is 0.219 e. The Labute approximate surface area is 73.9 Å². The molecule has 1 fully saturated rings. The Hall–Kier alpha value is -0.570. The van der Waals surface area contributed by atoms with E-state index in [1.807, 2.05) is 0 Å². The highest BCUT2D eigenvalue weighted by molar-refractivity contribution is 5.75. The largest absolute Gasteiger partial charge is 0.359 e. The van der Waals surface area contributed by atoms with Crippen LogP contribution in [0.3, 0.4) is 0 Å². The van der Waals surface area contributed by atoms with Gasteiger partial charge in [0.1, 0.15) is 0 Å². The Kier molecular flexibility index (Phi) is 4.08. The molecule has 1 aliphatic carbocycles. The molecule has 1 rings (SSSR count). The van der Waals surface area contributed by atoms with Gasteiger partial charge in [0.2, 0.25) is 5.91 Å². The molecule has 0 saturated heterocycles. The van der Waals surface area contributed by atoms with Crippen molar-refractivity contribution in [2.75, 3.05) is 13.6 Å². The minimum atomic E-state index is 0.144. The molecule has 2 N–H and O–H groups in total. The number of rotatable bonds is 5. The van der Waals surface area contributed by atoms with Gasteiger partial charge < -0.3 is 10.6 Å². The third-order valence-corrected chi connectivity index (χ3v) is 2.40. The van der Waals surface area contributed by atoms with Crippen molar-refractivity contribution in [1.29, 1.82) is 0 Å². The predicted molar refractivity (Wildman–Crippen MR) is 48.9 cm³/mol. The maximum atomic E-state index is 10.8. The van der Waals surface area contributed by atoms with Gasteiger partial charge in [-0.15, -0.1) is 0 Å². The lowest BCUT2D eigenvalue weighted by Crippen LogP contribution is -2.36. The van der Waals surface area contributed by atoms with Crippen LogP contribution < -0.4 is 10.6 Å². The highest BCUT2D eigenvalue weighted by Crippen LogP contribution is 2.17. The Balaban J connectivity index is 1.85. The van der Waals surface area contributed by atoms with Crippen molar-refractivity contribution in [1.82, 2.24) is 10.6 Å². The molecule has 3 nitrogen and oxygen atoms in total. The zero-order chi connectivity index (χ0) is 8.81. The van der Waals surface area contributed by atoms with Gasteiger partial charge in [0.15, 0.2) is 0 Å². The highest BCUT2D eigenvalue weighted by Gasteiger charge is 2.15. The van der Waals surface area contributed by atoms with Crippen LogP contribution in [0, 0.1) is 0 Å². The molecule has 0 aromatic carbocycles. The molecule has 0 radical (unpaired) electrons. The molecule has 0 unspecified atom stereocenters. The normalized spacial score (nSPS) is 17.1. The lowest BCUT2D eigenvalue weighted by molar-refractivity contribution is -0.120. The van der Waals surface area contributed by atoms with Crippen molar-refractivity contribution in [3.05, 3.63) is 0 Å². The summed E-state index contributed by atoms with van der Waals surface area (Å²) >= 11 is 0. The van der Waals surface area contributed by atoms with Crippen molar-refractivity contribution in [3.63, 3.8) is 0 Å². The third-order valence-electron chi connectivity index (χ3n) is 2.40. The van der Waals surface area contributed by atoms with Gasteiger partial charge in [0.05, 0.1) is 0 Å². The van der Waals surface area contributed by atoms with E-state index in [0.717, 1.165) is 19.0 Å². The number of hydrogen-bond donors (Lipinski definition) is 2. The van der Waals surface area contributed by atoms with Crippen LogP contribution in [0.2, 0.25) is 0 Å². The number of nitrogens with one attached hydrogen (secondary N) is 2. The fourth-order valence-electron chi connectivity index (χ4n) is 1.29. The molecule has 0 bridgehead atoms. The van der Waals surface area contributed by atoms with Crippen LogP contribution in [-0.4, -0.2) is 25.5 Å². The van der Waals surface area contributed by atoms with E-state index < -0.39 is 0 Å². The lowest BCUT2D eigenvalue weighted by atomic mass is 9.93. The Morgan fingerprint density at radius 3 is 2.75 bits per heavy atom. The maximum absolute atomic E-state index is 10.8. The Morgan fingerprint density at radius 1 is 1.50 bits per heavy atom. The van der Waals surface area contributed by atoms with Gasteiger partial charge in [-0.2, -0.15) is 0 Å². The molecule has 0 spiro atoms. The van der Waals surface area contributed by atoms with Crippen LogP contribution in [-0.2, 0) is 4.79 Å². The first kappa shape index (κ1) is 9.52. The first-order valence-corrected chi connectivity index (χ1v) is 4.77. The monoisotopic (exact) mass is 170 g/mol. The summed E-state index contributed by atoms with van der Waals surface area (Å²) in [5.41, 5.74) is 0. The molecule has 1 aliphatic rings. The van der Waals surface area contributed by atoms with Gasteiger partial charge in [-0.25, -0.2) is 0 Å². The van der Waals surface area contributed by atoms with Crippen LogP contribution in [0.5, 0.6) is 0 Å². The van der Waals surface area contributed by atoms with Crippen LogP contribution >= 0.6 is 0 Å². The van der Waals surface area contributed by atoms with Crippen molar-refractivity contribution in [2.45, 2.75) is 38.1 Å². The summed E-state index contributed by atoms with van der Waals surface area (Å²) in [7, 11) is 1.68. The summed E-state index contributed by atoms with van der Waals surface area (Å²) in [5.74, 6) is 0.144. The topological polar surface area (TPSA) is 41.1 Å². The molecule has 0 aliphatic heterocycles. The second-order valence-electron chi connectivity index (χ2n) is 3.36. The van der Waals surface area contributed by atoms with Gasteiger partial charge in [-0.05, 0) is 25.8 Å². The standard InChI is InChI=1S/C9H18N2O/c1-10-9(12)6-3-7-11-8-4-2-5-8/h8,11H,2-7H2,1H3,(H,10,12). The summed E-state index contributed by atoms with van der Waals surface area (Å²) in [6.45, 7) is 0.984. The molecular formula is C9H18N2O. The van der Waals surface area contributed by atoms with E-state index in [0.29, 0.717) is 6.42 Å². The first-order valence-electron chi connectivity index (χ1n) is 4.77. The fraction of sp³-hybridized carbons (Fsp3) is 0.889. The molecule has 1 amide bonds. The van der Waals surface area contributed by atoms with Crippen molar-refractivity contribution in [3.8, 4) is 0 Å². The maximum Gasteiger partial charge on any atom is 0.219 e. The van der Waals surface area contributed by atoms with Crippen LogP contribution in [0.15, 0.2) is 0 Å². The molecule has 70 valence electrons. The number of carbonyl (C=O) groups is 1. The number of amides is 1. The quantitative estimate of drug-likeness (QED) is 0.595. The molecule has 0 aromatic heterocycles. The summed E-state index contributed by atoms with van der Waals surface area (Å²) in [5, 5.41) is 6.03. The zero-order valence-corrected chi connectivity index (χ0v) is 7.73. The van der Waals surface area contributed by atoms with E-state index in [2.05, 4.69) is 10.6 Å². The van der Waals surface area contributed by atoms with Gasteiger partial charge in [0, 0.05) is 19.5 Å². The van der Waals surface area contributed by atoms with E-state index in [1.165, 1.54) is 19.3 Å². The number of hydrogen-bond acceptors (Lipinski definition) is 2. The minimum Gasteiger partial charge on any atom is -0.359 e.